The number of fused-ring (bicyclic) bond motifs is 1. The molecule has 2 N–H and O–H groups in total. The average Bonchev–Trinajstić information content (AvgIpc) is 2.15. The summed E-state index contributed by atoms with van der Waals surface area (Å²) >= 11 is 15.0. The van der Waals surface area contributed by atoms with Gasteiger partial charge in [0.15, 0.2) is 0 Å². The smallest absolute Gasteiger partial charge is 0.0739 e. The lowest BCUT2D eigenvalue weighted by molar-refractivity contribution is 1.39. The summed E-state index contributed by atoms with van der Waals surface area (Å²) in [6.07, 6.45) is 1.64. The lowest BCUT2D eigenvalue weighted by Gasteiger charge is -2.04. The molecule has 2 nitrogen and oxygen atoms in total. The average molecular weight is 292 g/mol. The van der Waals surface area contributed by atoms with Crippen molar-refractivity contribution in [3.8, 4) is 0 Å². The van der Waals surface area contributed by atoms with Crippen molar-refractivity contribution >= 4 is 55.7 Å². The largest absolute Gasteiger partial charge is 0.397 e. The highest BCUT2D eigenvalue weighted by atomic mass is 79.9. The Morgan fingerprint density at radius 3 is 2.57 bits per heavy atom. The molecule has 0 atom stereocenters. The molecule has 0 saturated heterocycles. The molecule has 1 aromatic carbocycles. The highest BCUT2D eigenvalue weighted by molar-refractivity contribution is 9.10. The SMILES string of the molecule is Nc1c(Br)cnc2cc(Cl)c(Cl)cc12. The number of nitrogens with zero attached hydrogens (tertiary/aromatic N) is 1. The number of anilines is 1. The van der Waals surface area contributed by atoms with Gasteiger partial charge in [0, 0.05) is 11.6 Å². The summed E-state index contributed by atoms with van der Waals surface area (Å²) < 4.78 is 0.753. The van der Waals surface area contributed by atoms with Gasteiger partial charge in [0.2, 0.25) is 0 Å². The first-order valence-electron chi connectivity index (χ1n) is 3.78. The first-order valence-corrected chi connectivity index (χ1v) is 5.33. The third kappa shape index (κ3) is 1.56. The second-order valence-corrected chi connectivity index (χ2v) is 4.47. The van der Waals surface area contributed by atoms with E-state index in [-0.39, 0.29) is 0 Å². The van der Waals surface area contributed by atoms with Crippen LogP contribution < -0.4 is 5.73 Å². The molecule has 5 heteroatoms. The number of hydrogen-bond acceptors (Lipinski definition) is 2. The maximum Gasteiger partial charge on any atom is 0.0739 e. The molecule has 72 valence electrons. The van der Waals surface area contributed by atoms with E-state index in [0.29, 0.717) is 15.7 Å². The van der Waals surface area contributed by atoms with Crippen molar-refractivity contribution in [1.82, 2.24) is 4.98 Å². The van der Waals surface area contributed by atoms with E-state index >= 15 is 0 Å². The second-order valence-electron chi connectivity index (χ2n) is 2.80. The Bertz CT molecular complexity index is 514. The number of benzene rings is 1. The van der Waals surface area contributed by atoms with Crippen LogP contribution in [0.5, 0.6) is 0 Å². The zero-order valence-electron chi connectivity index (χ0n) is 6.89. The topological polar surface area (TPSA) is 38.9 Å². The van der Waals surface area contributed by atoms with E-state index in [0.717, 1.165) is 15.4 Å². The monoisotopic (exact) mass is 290 g/mol. The van der Waals surface area contributed by atoms with Crippen molar-refractivity contribution in [2.45, 2.75) is 0 Å². The zero-order chi connectivity index (χ0) is 10.3. The van der Waals surface area contributed by atoms with Crippen LogP contribution in [-0.2, 0) is 0 Å². The summed E-state index contributed by atoms with van der Waals surface area (Å²) in [5, 5.41) is 1.76. The first-order chi connectivity index (χ1) is 6.59. The van der Waals surface area contributed by atoms with Gasteiger partial charge in [0.1, 0.15) is 0 Å². The molecule has 2 rings (SSSR count). The van der Waals surface area contributed by atoms with Gasteiger partial charge < -0.3 is 5.73 Å². The van der Waals surface area contributed by atoms with Gasteiger partial charge in [-0.1, -0.05) is 23.2 Å². The lowest BCUT2D eigenvalue weighted by atomic mass is 10.2. The number of halogens is 3. The molecule has 0 unspecified atom stereocenters. The van der Waals surface area contributed by atoms with E-state index in [2.05, 4.69) is 20.9 Å². The lowest BCUT2D eigenvalue weighted by Crippen LogP contribution is -1.91. The van der Waals surface area contributed by atoms with Gasteiger partial charge in [-0.15, -0.1) is 0 Å². The summed E-state index contributed by atoms with van der Waals surface area (Å²) in [6, 6.07) is 3.41. The van der Waals surface area contributed by atoms with Crippen molar-refractivity contribution in [3.05, 3.63) is 32.8 Å². The van der Waals surface area contributed by atoms with E-state index < -0.39 is 0 Å². The molecule has 0 amide bonds. The number of hydrogen-bond donors (Lipinski definition) is 1. The highest BCUT2D eigenvalue weighted by Gasteiger charge is 2.06. The second kappa shape index (κ2) is 3.57. The molecule has 0 bridgehead atoms. The summed E-state index contributed by atoms with van der Waals surface area (Å²) in [5.41, 5.74) is 7.20. The van der Waals surface area contributed by atoms with E-state index in [1.165, 1.54) is 0 Å². The summed E-state index contributed by atoms with van der Waals surface area (Å²) in [4.78, 5) is 4.17. The summed E-state index contributed by atoms with van der Waals surface area (Å²) in [7, 11) is 0. The molecule has 14 heavy (non-hydrogen) atoms. The third-order valence-corrected chi connectivity index (χ3v) is 3.26. The van der Waals surface area contributed by atoms with E-state index in [1.54, 1.807) is 18.3 Å². The van der Waals surface area contributed by atoms with Gasteiger partial charge in [-0.25, -0.2) is 0 Å². The van der Waals surface area contributed by atoms with Gasteiger partial charge in [-0.2, -0.15) is 0 Å². The fourth-order valence-electron chi connectivity index (χ4n) is 1.18. The van der Waals surface area contributed by atoms with Gasteiger partial charge >= 0.3 is 0 Å². The Hall–Kier alpha value is -0.510. The Morgan fingerprint density at radius 1 is 1.21 bits per heavy atom. The van der Waals surface area contributed by atoms with Gasteiger partial charge in [0.05, 0.1) is 25.7 Å². The van der Waals surface area contributed by atoms with E-state index in [4.69, 9.17) is 28.9 Å². The van der Waals surface area contributed by atoms with Crippen LogP contribution >= 0.6 is 39.1 Å². The molecular weight excluding hydrogens is 287 g/mol. The molecule has 0 aliphatic carbocycles. The van der Waals surface area contributed by atoms with Crippen LogP contribution in [0.25, 0.3) is 10.9 Å². The number of pyridine rings is 1. The Balaban J connectivity index is 2.89. The molecule has 2 aromatic rings. The number of aromatic nitrogens is 1. The minimum atomic E-state index is 0.478. The van der Waals surface area contributed by atoms with Crippen LogP contribution in [0.15, 0.2) is 22.8 Å². The molecule has 0 radical (unpaired) electrons. The molecule has 1 aromatic heterocycles. The maximum absolute atomic E-state index is 5.88. The standard InChI is InChI=1S/C9H5BrCl2N2/c10-5-3-14-8-2-7(12)6(11)1-4(8)9(5)13/h1-3H,(H2,13,14). The van der Waals surface area contributed by atoms with Crippen molar-refractivity contribution < 1.29 is 0 Å². The predicted molar refractivity (Wildman–Crippen MR) is 63.9 cm³/mol. The molecule has 0 aliphatic rings. The molecular formula is C9H5BrCl2N2. The molecule has 1 heterocycles. The van der Waals surface area contributed by atoms with E-state index in [1.807, 2.05) is 0 Å². The first kappa shape index (κ1) is 10.0. The summed E-state index contributed by atoms with van der Waals surface area (Å²) in [6.45, 7) is 0. The quantitative estimate of drug-likeness (QED) is 0.800. The fraction of sp³-hybridized carbons (Fsp3) is 0. The van der Waals surface area contributed by atoms with Crippen LogP contribution in [0.4, 0.5) is 5.69 Å². The third-order valence-electron chi connectivity index (χ3n) is 1.90. The zero-order valence-corrected chi connectivity index (χ0v) is 9.99. The number of rotatable bonds is 0. The van der Waals surface area contributed by atoms with Crippen LogP contribution in [0.3, 0.4) is 0 Å². The molecule has 0 spiro atoms. The van der Waals surface area contributed by atoms with Crippen molar-refractivity contribution in [3.63, 3.8) is 0 Å². The Kier molecular flexibility index (Phi) is 2.56. The number of nitrogen functional groups attached to an aromatic ring is 1. The van der Waals surface area contributed by atoms with Crippen LogP contribution in [0.1, 0.15) is 0 Å². The molecule has 0 fully saturated rings. The molecule has 0 aliphatic heterocycles. The highest BCUT2D eigenvalue weighted by Crippen LogP contribution is 2.32. The van der Waals surface area contributed by atoms with Gasteiger partial charge in [0.25, 0.3) is 0 Å². The van der Waals surface area contributed by atoms with Gasteiger partial charge in [-0.05, 0) is 28.1 Å². The Morgan fingerprint density at radius 2 is 1.86 bits per heavy atom. The van der Waals surface area contributed by atoms with Crippen molar-refractivity contribution in [2.24, 2.45) is 0 Å². The van der Waals surface area contributed by atoms with Crippen molar-refractivity contribution in [2.75, 3.05) is 5.73 Å². The van der Waals surface area contributed by atoms with E-state index in [9.17, 15) is 0 Å². The van der Waals surface area contributed by atoms with Crippen LogP contribution in [-0.4, -0.2) is 4.98 Å². The summed E-state index contributed by atoms with van der Waals surface area (Å²) in [5.74, 6) is 0. The van der Waals surface area contributed by atoms with Crippen LogP contribution in [0, 0.1) is 0 Å². The normalized spacial score (nSPS) is 10.8. The Labute approximate surface area is 99.1 Å². The minimum absolute atomic E-state index is 0.478. The molecule has 0 saturated carbocycles. The van der Waals surface area contributed by atoms with Gasteiger partial charge in [-0.3, -0.25) is 4.98 Å². The maximum atomic E-state index is 5.88. The minimum Gasteiger partial charge on any atom is -0.397 e. The van der Waals surface area contributed by atoms with Crippen LogP contribution in [0.2, 0.25) is 10.0 Å². The number of nitrogens with two attached hydrogens (primary N) is 1. The predicted octanol–water partition coefficient (Wildman–Crippen LogP) is 3.89. The fourth-order valence-corrected chi connectivity index (χ4v) is 1.82. The van der Waals surface area contributed by atoms with Crippen molar-refractivity contribution in [1.29, 1.82) is 0 Å².